The van der Waals surface area contributed by atoms with Crippen molar-refractivity contribution < 1.29 is 19.0 Å². The van der Waals surface area contributed by atoms with E-state index in [1.165, 1.54) is 0 Å². The average molecular weight is 296 g/mol. The number of amides is 1. The first-order valence-corrected chi connectivity index (χ1v) is 6.87. The second kappa shape index (κ2) is 9.20. The molecule has 3 N–H and O–H groups in total. The van der Waals surface area contributed by atoms with Crippen molar-refractivity contribution in [2.45, 2.75) is 13.5 Å². The fraction of sp³-hybridized carbons (Fsp3) is 0.533. The summed E-state index contributed by atoms with van der Waals surface area (Å²) in [5.41, 5.74) is 6.21. The Balaban J connectivity index is 2.75. The molecule has 0 fully saturated rings. The molecule has 0 aliphatic heterocycles. The molecule has 6 nitrogen and oxygen atoms in total. The molecule has 0 saturated carbocycles. The molecule has 0 bridgehead atoms. The Morgan fingerprint density at radius 2 is 2.14 bits per heavy atom. The molecule has 0 aliphatic rings. The highest BCUT2D eigenvalue weighted by molar-refractivity contribution is 5.76. The summed E-state index contributed by atoms with van der Waals surface area (Å²) < 4.78 is 16.0. The second-order valence-corrected chi connectivity index (χ2v) is 4.73. The fourth-order valence-electron chi connectivity index (χ4n) is 1.71. The number of benzene rings is 1. The number of nitrogens with two attached hydrogens (primary N) is 1. The van der Waals surface area contributed by atoms with Crippen LogP contribution < -0.4 is 20.5 Å². The maximum Gasteiger partial charge on any atom is 0.223 e. The number of rotatable bonds is 10. The van der Waals surface area contributed by atoms with Gasteiger partial charge in [0.1, 0.15) is 0 Å². The number of carbonyl (C=O) groups is 1. The number of hydrogen-bond donors (Lipinski definition) is 2. The Bertz CT molecular complexity index is 451. The van der Waals surface area contributed by atoms with Crippen molar-refractivity contribution in [1.82, 2.24) is 5.32 Å². The van der Waals surface area contributed by atoms with Gasteiger partial charge >= 0.3 is 0 Å². The van der Waals surface area contributed by atoms with Crippen molar-refractivity contribution in [2.75, 3.05) is 34.0 Å². The zero-order chi connectivity index (χ0) is 15.7. The Morgan fingerprint density at radius 1 is 1.38 bits per heavy atom. The van der Waals surface area contributed by atoms with Gasteiger partial charge in [0.15, 0.2) is 11.5 Å². The van der Waals surface area contributed by atoms with Crippen LogP contribution in [0, 0.1) is 5.92 Å². The largest absolute Gasteiger partial charge is 0.493 e. The third-order valence-corrected chi connectivity index (χ3v) is 3.04. The summed E-state index contributed by atoms with van der Waals surface area (Å²) in [7, 11) is 3.24. The topological polar surface area (TPSA) is 82.8 Å². The van der Waals surface area contributed by atoms with E-state index >= 15 is 0 Å². The number of hydrogen-bond acceptors (Lipinski definition) is 5. The first-order chi connectivity index (χ1) is 10.1. The first kappa shape index (κ1) is 17.3. The monoisotopic (exact) mass is 296 g/mol. The summed E-state index contributed by atoms with van der Waals surface area (Å²) in [4.78, 5) is 11.1. The van der Waals surface area contributed by atoms with E-state index in [0.29, 0.717) is 24.7 Å². The van der Waals surface area contributed by atoms with E-state index in [-0.39, 0.29) is 18.4 Å². The molecule has 21 heavy (non-hydrogen) atoms. The summed E-state index contributed by atoms with van der Waals surface area (Å²) in [6, 6.07) is 5.67. The Labute approximate surface area is 125 Å². The van der Waals surface area contributed by atoms with Crippen LogP contribution in [0.3, 0.4) is 0 Å². The SMILES string of the molecule is COCCNCc1cccc(OC)c1OCC(C)C(N)=O. The number of carbonyl (C=O) groups excluding carboxylic acids is 1. The van der Waals surface area contributed by atoms with Gasteiger partial charge in [-0.25, -0.2) is 0 Å². The average Bonchev–Trinajstić information content (AvgIpc) is 2.49. The quantitative estimate of drug-likeness (QED) is 0.628. The van der Waals surface area contributed by atoms with Gasteiger partial charge in [-0.2, -0.15) is 0 Å². The van der Waals surface area contributed by atoms with E-state index in [2.05, 4.69) is 5.32 Å². The summed E-state index contributed by atoms with van der Waals surface area (Å²) in [5, 5.41) is 3.25. The zero-order valence-corrected chi connectivity index (χ0v) is 12.8. The number of nitrogens with one attached hydrogen (secondary N) is 1. The second-order valence-electron chi connectivity index (χ2n) is 4.73. The summed E-state index contributed by atoms with van der Waals surface area (Å²) in [5.74, 6) is 0.532. The molecule has 118 valence electrons. The third-order valence-electron chi connectivity index (χ3n) is 3.04. The van der Waals surface area contributed by atoms with Crippen LogP contribution in [0.2, 0.25) is 0 Å². The molecule has 6 heteroatoms. The maximum atomic E-state index is 11.1. The summed E-state index contributed by atoms with van der Waals surface area (Å²) in [6.45, 7) is 3.96. The molecule has 0 saturated heterocycles. The minimum Gasteiger partial charge on any atom is -0.493 e. The first-order valence-electron chi connectivity index (χ1n) is 6.87. The minimum atomic E-state index is -0.385. The van der Waals surface area contributed by atoms with Crippen LogP contribution in [0.1, 0.15) is 12.5 Å². The molecule has 0 aromatic heterocycles. The van der Waals surface area contributed by atoms with E-state index in [1.807, 2.05) is 18.2 Å². The van der Waals surface area contributed by atoms with E-state index in [9.17, 15) is 4.79 Å². The molecular weight excluding hydrogens is 272 g/mol. The van der Waals surface area contributed by atoms with E-state index in [1.54, 1.807) is 21.1 Å². The Morgan fingerprint density at radius 3 is 2.76 bits per heavy atom. The predicted molar refractivity (Wildman–Crippen MR) is 80.4 cm³/mol. The highest BCUT2D eigenvalue weighted by Gasteiger charge is 2.14. The normalized spacial score (nSPS) is 12.0. The number of primary amides is 1. The molecule has 1 unspecified atom stereocenters. The number of ether oxygens (including phenoxy) is 3. The van der Waals surface area contributed by atoms with Gasteiger partial charge in [-0.1, -0.05) is 19.1 Å². The van der Waals surface area contributed by atoms with Crippen molar-refractivity contribution in [3.63, 3.8) is 0 Å². The number of methoxy groups -OCH3 is 2. The van der Waals surface area contributed by atoms with Crippen LogP contribution in [0.15, 0.2) is 18.2 Å². The summed E-state index contributed by atoms with van der Waals surface area (Å²) >= 11 is 0. The van der Waals surface area contributed by atoms with Gasteiger partial charge in [-0.3, -0.25) is 4.79 Å². The number of para-hydroxylation sites is 1. The molecule has 0 aliphatic carbocycles. The minimum absolute atomic E-state index is 0.223. The van der Waals surface area contributed by atoms with Crippen molar-refractivity contribution >= 4 is 5.91 Å². The molecular formula is C15H24N2O4. The maximum absolute atomic E-state index is 11.1. The van der Waals surface area contributed by atoms with Crippen molar-refractivity contribution in [1.29, 1.82) is 0 Å². The summed E-state index contributed by atoms with van der Waals surface area (Å²) in [6.07, 6.45) is 0. The fourth-order valence-corrected chi connectivity index (χ4v) is 1.71. The van der Waals surface area contributed by atoms with Crippen LogP contribution in [0.25, 0.3) is 0 Å². The lowest BCUT2D eigenvalue weighted by Gasteiger charge is -2.17. The van der Waals surface area contributed by atoms with Crippen molar-refractivity contribution in [2.24, 2.45) is 11.7 Å². The van der Waals surface area contributed by atoms with Crippen LogP contribution in [0.4, 0.5) is 0 Å². The highest BCUT2D eigenvalue weighted by Crippen LogP contribution is 2.31. The van der Waals surface area contributed by atoms with Crippen LogP contribution in [-0.4, -0.2) is 39.9 Å². The lowest BCUT2D eigenvalue weighted by molar-refractivity contribution is -0.122. The molecule has 1 amide bonds. The standard InChI is InChI=1S/C15H24N2O4/c1-11(15(16)18)10-21-14-12(9-17-7-8-19-2)5-4-6-13(14)20-3/h4-6,11,17H,7-10H2,1-3H3,(H2,16,18). The smallest absolute Gasteiger partial charge is 0.223 e. The molecule has 1 aromatic rings. The van der Waals surface area contributed by atoms with Gasteiger partial charge in [0.05, 0.1) is 26.2 Å². The van der Waals surface area contributed by atoms with Crippen LogP contribution in [0.5, 0.6) is 11.5 Å². The molecule has 1 aromatic carbocycles. The van der Waals surface area contributed by atoms with Crippen LogP contribution >= 0.6 is 0 Å². The highest BCUT2D eigenvalue weighted by atomic mass is 16.5. The van der Waals surface area contributed by atoms with Gasteiger partial charge in [0, 0.05) is 25.8 Å². The van der Waals surface area contributed by atoms with Crippen molar-refractivity contribution in [3.8, 4) is 11.5 Å². The van der Waals surface area contributed by atoms with Gasteiger partial charge < -0.3 is 25.3 Å². The Kier molecular flexibility index (Phi) is 7.56. The van der Waals surface area contributed by atoms with E-state index in [0.717, 1.165) is 12.1 Å². The molecule has 1 rings (SSSR count). The molecule has 0 heterocycles. The lowest BCUT2D eigenvalue weighted by atomic mass is 10.1. The van der Waals surface area contributed by atoms with Gasteiger partial charge in [0.25, 0.3) is 0 Å². The zero-order valence-electron chi connectivity index (χ0n) is 12.8. The Hall–Kier alpha value is -1.79. The predicted octanol–water partition coefficient (Wildman–Crippen LogP) is 0.931. The molecule has 0 spiro atoms. The molecule has 0 radical (unpaired) electrons. The van der Waals surface area contributed by atoms with Gasteiger partial charge in [0.2, 0.25) is 5.91 Å². The third kappa shape index (κ3) is 5.61. The van der Waals surface area contributed by atoms with E-state index < -0.39 is 0 Å². The molecule has 1 atom stereocenters. The van der Waals surface area contributed by atoms with Gasteiger partial charge in [-0.05, 0) is 6.07 Å². The van der Waals surface area contributed by atoms with Gasteiger partial charge in [-0.15, -0.1) is 0 Å². The lowest BCUT2D eigenvalue weighted by Crippen LogP contribution is -2.26. The van der Waals surface area contributed by atoms with E-state index in [4.69, 9.17) is 19.9 Å². The van der Waals surface area contributed by atoms with Crippen LogP contribution in [-0.2, 0) is 16.1 Å². The van der Waals surface area contributed by atoms with Crippen molar-refractivity contribution in [3.05, 3.63) is 23.8 Å².